The normalized spacial score (nSPS) is 22.1. The summed E-state index contributed by atoms with van der Waals surface area (Å²) in [6.45, 7) is 5.94. The van der Waals surface area contributed by atoms with E-state index < -0.39 is 11.2 Å². The molecule has 10 heteroatoms. The fourth-order valence-corrected chi connectivity index (χ4v) is 6.46. The summed E-state index contributed by atoms with van der Waals surface area (Å²) >= 11 is -0.501. The molecule has 0 bridgehead atoms. The largest absolute Gasteiger partial charge is 0.489 e. The van der Waals surface area contributed by atoms with Gasteiger partial charge in [0.1, 0.15) is 46.4 Å². The third-order valence-electron chi connectivity index (χ3n) is 7.61. The molecule has 0 atom stereocenters. The maximum Gasteiger partial charge on any atom is 0.161 e. The van der Waals surface area contributed by atoms with Gasteiger partial charge in [0.25, 0.3) is 0 Å². The van der Waals surface area contributed by atoms with E-state index in [-0.39, 0.29) is 6.10 Å². The van der Waals surface area contributed by atoms with Gasteiger partial charge in [-0.05, 0) is 48.5 Å². The predicted molar refractivity (Wildman–Crippen MR) is 154 cm³/mol. The van der Waals surface area contributed by atoms with Crippen molar-refractivity contribution in [3.05, 3.63) is 60.3 Å². The molecule has 0 amide bonds. The van der Waals surface area contributed by atoms with E-state index in [1.54, 1.807) is 12.3 Å². The van der Waals surface area contributed by atoms with Gasteiger partial charge in [-0.3, -0.25) is 4.90 Å². The van der Waals surface area contributed by atoms with Crippen molar-refractivity contribution in [2.24, 2.45) is 0 Å². The second kappa shape index (κ2) is 11.8. The Morgan fingerprint density at radius 3 is 2.49 bits per heavy atom. The summed E-state index contributed by atoms with van der Waals surface area (Å²) < 4.78 is 21.2. The van der Waals surface area contributed by atoms with E-state index in [0.29, 0.717) is 29.0 Å². The van der Waals surface area contributed by atoms with Gasteiger partial charge in [0.2, 0.25) is 0 Å². The van der Waals surface area contributed by atoms with Crippen LogP contribution in [0.4, 0.5) is 17.2 Å². The first-order valence-corrected chi connectivity index (χ1v) is 15.0. The number of aromatic nitrogens is 2. The van der Waals surface area contributed by atoms with Crippen LogP contribution >= 0.6 is 0 Å². The first-order chi connectivity index (χ1) is 19.1. The summed E-state index contributed by atoms with van der Waals surface area (Å²) in [4.78, 5) is 14.1. The molecule has 3 aliphatic heterocycles. The molecule has 3 aromatic rings. The molecule has 1 aromatic heterocycles. The van der Waals surface area contributed by atoms with Crippen LogP contribution in [-0.2, 0) is 15.9 Å². The number of nitriles is 1. The molecular formula is C29H33N6O3S+. The van der Waals surface area contributed by atoms with E-state index in [9.17, 15) is 9.81 Å². The van der Waals surface area contributed by atoms with Crippen LogP contribution < -0.4 is 15.0 Å². The van der Waals surface area contributed by atoms with Gasteiger partial charge >= 0.3 is 0 Å². The molecule has 0 unspecified atom stereocenters. The lowest BCUT2D eigenvalue weighted by Gasteiger charge is -2.43. The van der Waals surface area contributed by atoms with Crippen molar-refractivity contribution >= 4 is 28.4 Å². The molecule has 9 nitrogen and oxygen atoms in total. The highest BCUT2D eigenvalue weighted by Crippen LogP contribution is 2.29. The van der Waals surface area contributed by atoms with Crippen LogP contribution in [0.3, 0.4) is 0 Å². The lowest BCUT2D eigenvalue weighted by atomic mass is 10.1. The Balaban J connectivity index is 1.09. The zero-order valence-corrected chi connectivity index (χ0v) is 22.6. The Bertz CT molecular complexity index is 1310. The summed E-state index contributed by atoms with van der Waals surface area (Å²) in [6.07, 6.45) is 3.35. The summed E-state index contributed by atoms with van der Waals surface area (Å²) in [5.74, 6) is 3.31. The van der Waals surface area contributed by atoms with Crippen molar-refractivity contribution in [2.75, 3.05) is 61.1 Å². The monoisotopic (exact) mass is 545 g/mol. The fraction of sp³-hybridized carbons (Fsp3) is 0.414. The summed E-state index contributed by atoms with van der Waals surface area (Å²) in [5.41, 5.74) is 3.39. The van der Waals surface area contributed by atoms with Gasteiger partial charge in [0.05, 0.1) is 24.8 Å². The molecule has 3 saturated heterocycles. The van der Waals surface area contributed by atoms with Gasteiger partial charge in [0.15, 0.2) is 5.82 Å². The zero-order chi connectivity index (χ0) is 26.6. The number of anilines is 3. The topological polar surface area (TPSA) is 107 Å². The average molecular weight is 546 g/mol. The van der Waals surface area contributed by atoms with Crippen LogP contribution in [-0.4, -0.2) is 82.5 Å². The number of nitrogens with one attached hydrogen (secondary N) is 1. The van der Waals surface area contributed by atoms with Crippen LogP contribution in [0.2, 0.25) is 0 Å². The third-order valence-corrected chi connectivity index (χ3v) is 9.03. The minimum absolute atomic E-state index is 0.0288. The molecule has 0 radical (unpaired) electrons. The van der Waals surface area contributed by atoms with E-state index in [1.165, 1.54) is 5.69 Å². The lowest BCUT2D eigenvalue weighted by molar-refractivity contribution is -0.0660. The number of benzene rings is 2. The molecular weight excluding hydrogens is 512 g/mol. The van der Waals surface area contributed by atoms with Crippen LogP contribution in [0.15, 0.2) is 54.7 Å². The van der Waals surface area contributed by atoms with Gasteiger partial charge in [0, 0.05) is 62.2 Å². The zero-order valence-electron chi connectivity index (χ0n) is 21.8. The standard InChI is InChI=1S/C29H33N6O3S/c30-18-22-17-21(1-6-27(22)38-26-8-15-39(36)16-9-26)29-31-10-7-28(33-29)32-23-2-4-24(5-3-23)34-11-13-35(14-12-34)25-19-37-20-25/h1-7,10,17,25-26,36H,8-9,11-16,19-20H2,(H,31,32,33)/q+1. The molecule has 4 heterocycles. The van der Waals surface area contributed by atoms with Gasteiger partial charge in [-0.25, -0.2) is 9.97 Å². The van der Waals surface area contributed by atoms with E-state index >= 15 is 0 Å². The Morgan fingerprint density at radius 1 is 1.03 bits per heavy atom. The Hall–Kier alpha value is -3.36. The van der Waals surface area contributed by atoms with Crippen molar-refractivity contribution in [3.8, 4) is 23.2 Å². The summed E-state index contributed by atoms with van der Waals surface area (Å²) in [6, 6.07) is 18.6. The van der Waals surface area contributed by atoms with Crippen molar-refractivity contribution in [2.45, 2.75) is 25.0 Å². The molecule has 0 aliphatic carbocycles. The van der Waals surface area contributed by atoms with Crippen LogP contribution in [0.1, 0.15) is 18.4 Å². The molecule has 202 valence electrons. The van der Waals surface area contributed by atoms with E-state index in [1.807, 2.05) is 18.2 Å². The molecule has 2 aromatic carbocycles. The maximum atomic E-state index is 9.76. The summed E-state index contributed by atoms with van der Waals surface area (Å²) in [7, 11) is 0. The first-order valence-electron chi connectivity index (χ1n) is 13.5. The fourth-order valence-electron chi connectivity index (χ4n) is 5.19. The van der Waals surface area contributed by atoms with Gasteiger partial charge < -0.3 is 19.7 Å². The molecule has 0 spiro atoms. The van der Waals surface area contributed by atoms with Crippen molar-refractivity contribution < 1.29 is 14.0 Å². The van der Waals surface area contributed by atoms with Crippen LogP contribution in [0.5, 0.6) is 5.75 Å². The average Bonchev–Trinajstić information content (AvgIpc) is 2.95. The quantitative estimate of drug-likeness (QED) is 0.427. The third kappa shape index (κ3) is 6.12. The maximum absolute atomic E-state index is 9.76. The number of nitrogens with zero attached hydrogens (tertiary/aromatic N) is 5. The molecule has 0 saturated carbocycles. The predicted octanol–water partition coefficient (Wildman–Crippen LogP) is 3.91. The molecule has 2 N–H and O–H groups in total. The van der Waals surface area contributed by atoms with Gasteiger partial charge in [-0.15, -0.1) is 0 Å². The number of hydrogen-bond donors (Lipinski definition) is 2. The van der Waals surface area contributed by atoms with Gasteiger partial charge in [-0.1, -0.05) is 0 Å². The summed E-state index contributed by atoms with van der Waals surface area (Å²) in [5, 5.41) is 13.1. The minimum atomic E-state index is -0.501. The smallest absolute Gasteiger partial charge is 0.161 e. The Labute approximate surface area is 231 Å². The van der Waals surface area contributed by atoms with Crippen LogP contribution in [0, 0.1) is 11.3 Å². The second-order valence-electron chi connectivity index (χ2n) is 10.2. The first kappa shape index (κ1) is 25.9. The van der Waals surface area contributed by atoms with Crippen molar-refractivity contribution in [1.82, 2.24) is 14.9 Å². The Kier molecular flexibility index (Phi) is 7.83. The minimum Gasteiger partial charge on any atom is -0.489 e. The highest BCUT2D eigenvalue weighted by atomic mass is 32.2. The van der Waals surface area contributed by atoms with Gasteiger partial charge in [-0.2, -0.15) is 9.81 Å². The molecule has 39 heavy (non-hydrogen) atoms. The highest BCUT2D eigenvalue weighted by molar-refractivity contribution is 7.91. The van der Waals surface area contributed by atoms with Crippen molar-refractivity contribution in [3.63, 3.8) is 0 Å². The lowest BCUT2D eigenvalue weighted by Crippen LogP contribution is -2.56. The Morgan fingerprint density at radius 2 is 1.79 bits per heavy atom. The molecule has 3 fully saturated rings. The van der Waals surface area contributed by atoms with Crippen LogP contribution in [0.25, 0.3) is 11.4 Å². The number of hydrogen-bond acceptors (Lipinski definition) is 9. The van der Waals surface area contributed by atoms with E-state index in [2.05, 4.69) is 50.4 Å². The number of piperazine rings is 1. The van der Waals surface area contributed by atoms with E-state index in [4.69, 9.17) is 14.5 Å². The SMILES string of the molecule is N#Cc1cc(-c2nccc(Nc3ccc(N4CCN(C5COC5)CC4)cc3)n2)ccc1OC1CC[S+](O)CC1. The number of ether oxygens (including phenoxy) is 2. The molecule has 3 aliphatic rings. The highest BCUT2D eigenvalue weighted by Gasteiger charge is 2.30. The number of rotatable bonds is 7. The second-order valence-corrected chi connectivity index (χ2v) is 11.9. The van der Waals surface area contributed by atoms with Crippen molar-refractivity contribution in [1.29, 1.82) is 5.26 Å². The van der Waals surface area contributed by atoms with E-state index in [0.717, 1.165) is 75.0 Å². The molecule has 6 rings (SSSR count).